The van der Waals surface area contributed by atoms with Crippen LogP contribution < -0.4 is 5.14 Å². The normalized spacial score (nSPS) is 11.1. The summed E-state index contributed by atoms with van der Waals surface area (Å²) < 4.78 is 27.2. The van der Waals surface area contributed by atoms with Crippen LogP contribution >= 0.6 is 0 Å². The second-order valence-corrected chi connectivity index (χ2v) is 6.56. The number of hydrogen-bond donors (Lipinski definition) is 1. The fraction of sp³-hybridized carbons (Fsp3) is 0.467. The lowest BCUT2D eigenvalue weighted by Crippen LogP contribution is -2.33. The van der Waals surface area contributed by atoms with Gasteiger partial charge < -0.3 is 9.64 Å². The van der Waals surface area contributed by atoms with E-state index in [4.69, 9.17) is 9.88 Å². The van der Waals surface area contributed by atoms with Gasteiger partial charge in [0.2, 0.25) is 15.9 Å². The smallest absolute Gasteiger partial charge is 0.307 e. The Morgan fingerprint density at radius 3 is 2.26 bits per heavy atom. The number of nitrogens with two attached hydrogens (primary N) is 1. The number of amides is 1. The van der Waals surface area contributed by atoms with Crippen molar-refractivity contribution in [2.24, 2.45) is 5.14 Å². The molecule has 0 aliphatic carbocycles. The third-order valence-electron chi connectivity index (χ3n) is 3.26. The standard InChI is InChI=1S/C15H22N2O5S/c1-3-22-15(19)9-11-17(12(2)18)10-8-13-4-6-14(7-5-13)23(16,20)21/h4-7H,3,8-11H2,1-2H3,(H2,16,20,21). The summed E-state index contributed by atoms with van der Waals surface area (Å²) in [6, 6.07) is 6.18. The molecule has 7 nitrogen and oxygen atoms in total. The molecule has 0 fully saturated rings. The zero-order valence-electron chi connectivity index (χ0n) is 13.3. The molecule has 0 aliphatic rings. The summed E-state index contributed by atoms with van der Waals surface area (Å²) in [6.45, 7) is 4.21. The van der Waals surface area contributed by atoms with E-state index in [1.807, 2.05) is 0 Å². The molecule has 8 heteroatoms. The van der Waals surface area contributed by atoms with E-state index in [0.717, 1.165) is 5.56 Å². The molecule has 0 aliphatic heterocycles. The molecular weight excluding hydrogens is 320 g/mol. The van der Waals surface area contributed by atoms with Gasteiger partial charge in [-0.1, -0.05) is 12.1 Å². The van der Waals surface area contributed by atoms with Crippen LogP contribution in [0.3, 0.4) is 0 Å². The monoisotopic (exact) mass is 342 g/mol. The Labute approximate surface area is 136 Å². The van der Waals surface area contributed by atoms with Crippen molar-refractivity contribution in [3.63, 3.8) is 0 Å². The Morgan fingerprint density at radius 2 is 1.78 bits per heavy atom. The zero-order chi connectivity index (χ0) is 17.5. The van der Waals surface area contributed by atoms with Gasteiger partial charge in [-0.25, -0.2) is 13.6 Å². The Balaban J connectivity index is 2.58. The number of carbonyl (C=O) groups is 2. The van der Waals surface area contributed by atoms with E-state index in [-0.39, 0.29) is 23.2 Å². The number of nitrogens with zero attached hydrogens (tertiary/aromatic N) is 1. The molecule has 0 heterocycles. The van der Waals surface area contributed by atoms with Crippen molar-refractivity contribution in [2.75, 3.05) is 19.7 Å². The molecule has 0 unspecified atom stereocenters. The molecule has 1 rings (SSSR count). The van der Waals surface area contributed by atoms with Crippen molar-refractivity contribution >= 4 is 21.9 Å². The number of rotatable bonds is 8. The third-order valence-corrected chi connectivity index (χ3v) is 4.19. The van der Waals surface area contributed by atoms with Crippen LogP contribution in [0.25, 0.3) is 0 Å². The first-order valence-corrected chi connectivity index (χ1v) is 8.81. The first kappa shape index (κ1) is 19.1. The highest BCUT2D eigenvalue weighted by Crippen LogP contribution is 2.10. The average Bonchev–Trinajstić information content (AvgIpc) is 2.46. The van der Waals surface area contributed by atoms with Crippen LogP contribution in [0.5, 0.6) is 0 Å². The van der Waals surface area contributed by atoms with Crippen LogP contribution in [0.15, 0.2) is 29.2 Å². The van der Waals surface area contributed by atoms with E-state index in [9.17, 15) is 18.0 Å². The molecule has 0 spiro atoms. The molecule has 0 radical (unpaired) electrons. The lowest BCUT2D eigenvalue weighted by molar-refractivity contribution is -0.143. The molecule has 0 atom stereocenters. The summed E-state index contributed by atoms with van der Waals surface area (Å²) in [5.74, 6) is -0.466. The molecule has 128 valence electrons. The van der Waals surface area contributed by atoms with Crippen molar-refractivity contribution in [3.8, 4) is 0 Å². The Morgan fingerprint density at radius 1 is 1.17 bits per heavy atom. The number of sulfonamides is 1. The largest absolute Gasteiger partial charge is 0.466 e. The fourth-order valence-electron chi connectivity index (χ4n) is 2.00. The van der Waals surface area contributed by atoms with Gasteiger partial charge in [-0.3, -0.25) is 9.59 Å². The van der Waals surface area contributed by atoms with E-state index < -0.39 is 10.0 Å². The van der Waals surface area contributed by atoms with Gasteiger partial charge in [0, 0.05) is 20.0 Å². The van der Waals surface area contributed by atoms with Gasteiger partial charge in [0.1, 0.15) is 0 Å². The summed E-state index contributed by atoms with van der Waals surface area (Å²) in [6.07, 6.45) is 0.699. The quantitative estimate of drug-likeness (QED) is 0.699. The van der Waals surface area contributed by atoms with Gasteiger partial charge in [-0.2, -0.15) is 0 Å². The fourth-order valence-corrected chi connectivity index (χ4v) is 2.51. The highest BCUT2D eigenvalue weighted by molar-refractivity contribution is 7.89. The van der Waals surface area contributed by atoms with Crippen molar-refractivity contribution in [2.45, 2.75) is 31.6 Å². The number of primary sulfonamides is 1. The molecule has 1 aromatic rings. The number of esters is 1. The lowest BCUT2D eigenvalue weighted by Gasteiger charge is -2.20. The second-order valence-electron chi connectivity index (χ2n) is 5.00. The predicted molar refractivity (Wildman–Crippen MR) is 85.0 cm³/mol. The molecule has 0 saturated carbocycles. The van der Waals surface area contributed by atoms with E-state index in [1.54, 1.807) is 24.0 Å². The van der Waals surface area contributed by atoms with E-state index in [0.29, 0.717) is 26.1 Å². The van der Waals surface area contributed by atoms with Gasteiger partial charge in [0.25, 0.3) is 0 Å². The maximum absolute atomic E-state index is 11.6. The van der Waals surface area contributed by atoms with Crippen LogP contribution in [0.2, 0.25) is 0 Å². The zero-order valence-corrected chi connectivity index (χ0v) is 14.1. The van der Waals surface area contributed by atoms with Crippen LogP contribution in [0.4, 0.5) is 0 Å². The van der Waals surface area contributed by atoms with Crippen molar-refractivity contribution < 1.29 is 22.7 Å². The Bertz CT molecular complexity index is 640. The highest BCUT2D eigenvalue weighted by Gasteiger charge is 2.12. The maximum Gasteiger partial charge on any atom is 0.307 e. The summed E-state index contributed by atoms with van der Waals surface area (Å²) in [7, 11) is -3.70. The molecule has 0 aromatic heterocycles. The molecule has 0 bridgehead atoms. The molecule has 2 N–H and O–H groups in total. The van der Waals surface area contributed by atoms with Gasteiger partial charge in [0.05, 0.1) is 17.9 Å². The first-order valence-electron chi connectivity index (χ1n) is 7.27. The topological polar surface area (TPSA) is 107 Å². The number of benzene rings is 1. The van der Waals surface area contributed by atoms with Crippen LogP contribution in [0.1, 0.15) is 25.8 Å². The van der Waals surface area contributed by atoms with Gasteiger partial charge in [0.15, 0.2) is 0 Å². The maximum atomic E-state index is 11.6. The van der Waals surface area contributed by atoms with Gasteiger partial charge in [-0.05, 0) is 31.0 Å². The van der Waals surface area contributed by atoms with Crippen molar-refractivity contribution in [1.29, 1.82) is 0 Å². The Hall–Kier alpha value is -1.93. The molecule has 1 aromatic carbocycles. The minimum absolute atomic E-state index is 0.0481. The summed E-state index contributed by atoms with van der Waals surface area (Å²) >= 11 is 0. The molecular formula is C15H22N2O5S. The summed E-state index contributed by atoms with van der Waals surface area (Å²) in [5, 5.41) is 5.04. The third kappa shape index (κ3) is 6.79. The van der Waals surface area contributed by atoms with Crippen LogP contribution in [-0.2, 0) is 30.8 Å². The van der Waals surface area contributed by atoms with Gasteiger partial charge >= 0.3 is 5.97 Å². The molecule has 23 heavy (non-hydrogen) atoms. The molecule has 1 amide bonds. The lowest BCUT2D eigenvalue weighted by atomic mass is 10.1. The van der Waals surface area contributed by atoms with Crippen LogP contribution in [0, 0.1) is 0 Å². The van der Waals surface area contributed by atoms with Crippen molar-refractivity contribution in [1.82, 2.24) is 4.90 Å². The summed E-state index contributed by atoms with van der Waals surface area (Å²) in [5.41, 5.74) is 0.875. The molecule has 0 saturated heterocycles. The SMILES string of the molecule is CCOC(=O)CCN(CCc1ccc(S(N)(=O)=O)cc1)C(C)=O. The van der Waals surface area contributed by atoms with Gasteiger partial charge in [-0.15, -0.1) is 0 Å². The highest BCUT2D eigenvalue weighted by atomic mass is 32.2. The second kappa shape index (κ2) is 8.64. The van der Waals surface area contributed by atoms with Crippen molar-refractivity contribution in [3.05, 3.63) is 29.8 Å². The first-order chi connectivity index (χ1) is 10.7. The number of ether oxygens (including phenoxy) is 1. The minimum Gasteiger partial charge on any atom is -0.466 e. The number of carbonyl (C=O) groups excluding carboxylic acids is 2. The average molecular weight is 342 g/mol. The predicted octanol–water partition coefficient (Wildman–Crippen LogP) is 0.678. The number of hydrogen-bond acceptors (Lipinski definition) is 5. The Kier molecular flexibility index (Phi) is 7.18. The van der Waals surface area contributed by atoms with E-state index >= 15 is 0 Å². The summed E-state index contributed by atoms with van der Waals surface area (Å²) in [4.78, 5) is 24.6. The van der Waals surface area contributed by atoms with Crippen LogP contribution in [-0.4, -0.2) is 44.9 Å². The minimum atomic E-state index is -3.70. The van der Waals surface area contributed by atoms with E-state index in [2.05, 4.69) is 0 Å². The van der Waals surface area contributed by atoms with E-state index in [1.165, 1.54) is 19.1 Å².